The molecule has 0 heterocycles. The van der Waals surface area contributed by atoms with Crippen LogP contribution in [0.5, 0.6) is 5.75 Å². The molecule has 0 unspecified atom stereocenters. The summed E-state index contributed by atoms with van der Waals surface area (Å²) < 4.78 is 44.5. The predicted octanol–water partition coefficient (Wildman–Crippen LogP) is 1.18. The smallest absolute Gasteiger partial charge is 0.406 e. The number of ether oxygens (including phenoxy) is 2. The van der Waals surface area contributed by atoms with Gasteiger partial charge in [0.2, 0.25) is 5.91 Å². The van der Waals surface area contributed by atoms with Gasteiger partial charge in [-0.15, -0.1) is 13.2 Å². The van der Waals surface area contributed by atoms with Crippen molar-refractivity contribution in [3.8, 4) is 5.75 Å². The van der Waals surface area contributed by atoms with Crippen LogP contribution < -0.4 is 15.8 Å². The molecule has 0 bridgehead atoms. The molecule has 0 atom stereocenters. The first-order valence-electron chi connectivity index (χ1n) is 5.80. The van der Waals surface area contributed by atoms with E-state index in [-0.39, 0.29) is 31.4 Å². The molecule has 5 nitrogen and oxygen atoms in total. The van der Waals surface area contributed by atoms with Crippen LogP contribution in [0.15, 0.2) is 24.3 Å². The third-order valence-corrected chi connectivity index (χ3v) is 2.14. The number of halogens is 3. The number of carbonyl (C=O) groups is 1. The lowest BCUT2D eigenvalue weighted by Crippen LogP contribution is -2.28. The fraction of sp³-hybridized carbons (Fsp3) is 0.417. The van der Waals surface area contributed by atoms with E-state index in [1.165, 1.54) is 24.3 Å². The van der Waals surface area contributed by atoms with Gasteiger partial charge in [0.05, 0.1) is 6.61 Å². The number of hydrogen-bond donors (Lipinski definition) is 2. The first-order valence-corrected chi connectivity index (χ1v) is 5.80. The quantitative estimate of drug-likeness (QED) is 0.740. The van der Waals surface area contributed by atoms with Crippen molar-refractivity contribution >= 4 is 5.91 Å². The van der Waals surface area contributed by atoms with E-state index in [9.17, 15) is 18.0 Å². The van der Waals surface area contributed by atoms with Gasteiger partial charge >= 0.3 is 6.36 Å². The third-order valence-electron chi connectivity index (χ3n) is 2.14. The van der Waals surface area contributed by atoms with Gasteiger partial charge in [-0.2, -0.15) is 0 Å². The SMILES string of the molecule is NCCOCC(=O)NCc1ccc(OC(F)(F)F)cc1. The third kappa shape index (κ3) is 6.95. The first-order chi connectivity index (χ1) is 9.40. The van der Waals surface area contributed by atoms with Crippen molar-refractivity contribution in [1.82, 2.24) is 5.32 Å². The van der Waals surface area contributed by atoms with Gasteiger partial charge in [-0.05, 0) is 17.7 Å². The van der Waals surface area contributed by atoms with Crippen LogP contribution in [0.1, 0.15) is 5.56 Å². The van der Waals surface area contributed by atoms with Gasteiger partial charge in [-0.3, -0.25) is 4.79 Å². The van der Waals surface area contributed by atoms with Gasteiger partial charge in [0.1, 0.15) is 12.4 Å². The zero-order valence-electron chi connectivity index (χ0n) is 10.6. The molecule has 0 aliphatic carbocycles. The molecule has 3 N–H and O–H groups in total. The molecule has 112 valence electrons. The minimum atomic E-state index is -4.71. The fourth-order valence-corrected chi connectivity index (χ4v) is 1.31. The molecule has 0 radical (unpaired) electrons. The molecule has 1 amide bonds. The maximum atomic E-state index is 11.9. The predicted molar refractivity (Wildman–Crippen MR) is 64.8 cm³/mol. The zero-order valence-corrected chi connectivity index (χ0v) is 10.6. The summed E-state index contributed by atoms with van der Waals surface area (Å²) in [7, 11) is 0. The number of nitrogens with one attached hydrogen (secondary N) is 1. The number of hydrogen-bond acceptors (Lipinski definition) is 4. The highest BCUT2D eigenvalue weighted by molar-refractivity contribution is 5.77. The number of nitrogens with two attached hydrogens (primary N) is 1. The molecule has 8 heteroatoms. The highest BCUT2D eigenvalue weighted by Crippen LogP contribution is 2.22. The summed E-state index contributed by atoms with van der Waals surface area (Å²) in [5.74, 6) is -0.632. The van der Waals surface area contributed by atoms with Crippen molar-refractivity contribution in [1.29, 1.82) is 0 Å². The largest absolute Gasteiger partial charge is 0.573 e. The molecule has 0 spiro atoms. The summed E-state index contributed by atoms with van der Waals surface area (Å²) in [6, 6.07) is 5.23. The Morgan fingerprint density at radius 1 is 1.25 bits per heavy atom. The Kier molecular flexibility index (Phi) is 6.26. The molecule has 0 aliphatic rings. The van der Waals surface area contributed by atoms with Gasteiger partial charge in [0.25, 0.3) is 0 Å². The Bertz CT molecular complexity index is 421. The summed E-state index contributed by atoms with van der Waals surface area (Å²) in [4.78, 5) is 11.3. The summed E-state index contributed by atoms with van der Waals surface area (Å²) in [5.41, 5.74) is 5.83. The lowest BCUT2D eigenvalue weighted by molar-refractivity contribution is -0.274. The fourth-order valence-electron chi connectivity index (χ4n) is 1.31. The van der Waals surface area contributed by atoms with Gasteiger partial charge in [-0.1, -0.05) is 12.1 Å². The molecule has 20 heavy (non-hydrogen) atoms. The number of benzene rings is 1. The van der Waals surface area contributed by atoms with E-state index in [2.05, 4.69) is 10.1 Å². The van der Waals surface area contributed by atoms with E-state index in [1.54, 1.807) is 0 Å². The first kappa shape index (κ1) is 16.3. The van der Waals surface area contributed by atoms with E-state index < -0.39 is 6.36 Å². The van der Waals surface area contributed by atoms with Crippen LogP contribution in [0.2, 0.25) is 0 Å². The van der Waals surface area contributed by atoms with Gasteiger partial charge < -0.3 is 20.5 Å². The summed E-state index contributed by atoms with van der Waals surface area (Å²) in [6.07, 6.45) is -4.71. The molecule has 0 saturated carbocycles. The van der Waals surface area contributed by atoms with E-state index in [0.717, 1.165) is 0 Å². The monoisotopic (exact) mass is 292 g/mol. The number of rotatable bonds is 7. The minimum absolute atomic E-state index is 0.105. The molecule has 1 aromatic rings. The second kappa shape index (κ2) is 7.71. The van der Waals surface area contributed by atoms with Crippen molar-refractivity contribution in [2.24, 2.45) is 5.73 Å². The van der Waals surface area contributed by atoms with Crippen molar-refractivity contribution in [2.45, 2.75) is 12.9 Å². The molecule has 0 aromatic heterocycles. The Morgan fingerprint density at radius 3 is 2.45 bits per heavy atom. The summed E-state index contributed by atoms with van der Waals surface area (Å²) in [5, 5.41) is 2.56. The van der Waals surface area contributed by atoms with Crippen LogP contribution in [0.3, 0.4) is 0 Å². The molecular weight excluding hydrogens is 277 g/mol. The maximum Gasteiger partial charge on any atom is 0.573 e. The number of alkyl halides is 3. The van der Waals surface area contributed by atoms with Crippen LogP contribution in [0.4, 0.5) is 13.2 Å². The summed E-state index contributed by atoms with van der Waals surface area (Å²) >= 11 is 0. The molecule has 0 aliphatic heterocycles. The van der Waals surface area contributed by atoms with Crippen LogP contribution in [-0.2, 0) is 16.1 Å². The van der Waals surface area contributed by atoms with Gasteiger partial charge in [0.15, 0.2) is 0 Å². The zero-order chi connectivity index (χ0) is 15.0. The second-order valence-electron chi connectivity index (χ2n) is 3.81. The number of amides is 1. The topological polar surface area (TPSA) is 73.6 Å². The van der Waals surface area contributed by atoms with Crippen LogP contribution in [-0.4, -0.2) is 32.0 Å². The molecule has 1 rings (SSSR count). The van der Waals surface area contributed by atoms with Crippen molar-refractivity contribution in [2.75, 3.05) is 19.8 Å². The van der Waals surface area contributed by atoms with Crippen LogP contribution in [0, 0.1) is 0 Å². The molecular formula is C12H15F3N2O3. The Labute approximate surface area is 113 Å². The standard InChI is InChI=1S/C12H15F3N2O3/c13-12(14,15)20-10-3-1-9(2-4-10)7-17-11(18)8-19-6-5-16/h1-4H,5-8,16H2,(H,17,18). The molecule has 0 saturated heterocycles. The highest BCUT2D eigenvalue weighted by Gasteiger charge is 2.30. The average Bonchev–Trinajstić information content (AvgIpc) is 2.36. The lowest BCUT2D eigenvalue weighted by atomic mass is 10.2. The number of carbonyl (C=O) groups excluding carboxylic acids is 1. The normalized spacial score (nSPS) is 11.2. The van der Waals surface area contributed by atoms with Crippen molar-refractivity contribution in [3.63, 3.8) is 0 Å². The maximum absolute atomic E-state index is 11.9. The minimum Gasteiger partial charge on any atom is -0.406 e. The van der Waals surface area contributed by atoms with E-state index in [0.29, 0.717) is 12.1 Å². The van der Waals surface area contributed by atoms with Crippen LogP contribution in [0.25, 0.3) is 0 Å². The van der Waals surface area contributed by atoms with E-state index in [4.69, 9.17) is 10.5 Å². The molecule has 1 aromatic carbocycles. The van der Waals surface area contributed by atoms with Gasteiger partial charge in [0, 0.05) is 13.1 Å². The van der Waals surface area contributed by atoms with Crippen molar-refractivity contribution in [3.05, 3.63) is 29.8 Å². The summed E-state index contributed by atoms with van der Waals surface area (Å²) in [6.45, 7) is 0.703. The average molecular weight is 292 g/mol. The van der Waals surface area contributed by atoms with Gasteiger partial charge in [-0.25, -0.2) is 0 Å². The molecule has 0 fully saturated rings. The highest BCUT2D eigenvalue weighted by atomic mass is 19.4. The van der Waals surface area contributed by atoms with Crippen LogP contribution >= 0.6 is 0 Å². The Morgan fingerprint density at radius 2 is 1.90 bits per heavy atom. The second-order valence-corrected chi connectivity index (χ2v) is 3.81. The van der Waals surface area contributed by atoms with E-state index in [1.807, 2.05) is 0 Å². The lowest BCUT2D eigenvalue weighted by Gasteiger charge is -2.09. The Balaban J connectivity index is 2.36. The van der Waals surface area contributed by atoms with Crippen molar-refractivity contribution < 1.29 is 27.4 Å². The van der Waals surface area contributed by atoms with E-state index >= 15 is 0 Å². The Hall–Kier alpha value is -1.80.